The molecular weight excluding hydrogens is 475 g/mol. The van der Waals surface area contributed by atoms with Crippen LogP contribution >= 0.6 is 11.6 Å². The van der Waals surface area contributed by atoms with Gasteiger partial charge in [-0.1, -0.05) is 23.7 Å². The highest BCUT2D eigenvalue weighted by Gasteiger charge is 2.36. The van der Waals surface area contributed by atoms with Crippen LogP contribution < -0.4 is 5.32 Å². The normalized spacial score (nSPS) is 16.0. The molecule has 3 rings (SSSR count). The molecule has 1 saturated heterocycles. The molecule has 32 heavy (non-hydrogen) atoms. The maximum absolute atomic E-state index is 12.9. The Hall–Kier alpha value is -2.70. The number of rotatable bonds is 5. The van der Waals surface area contributed by atoms with Gasteiger partial charge in [0.25, 0.3) is 5.69 Å². The quantitative estimate of drug-likeness (QED) is 0.495. The first-order chi connectivity index (χ1) is 14.9. The molecule has 0 unspecified atom stereocenters. The molecule has 1 aliphatic rings. The standard InChI is InChI=1S/C19H17ClF3N3O5S/c20-14-6-5-13(19(21,22)23)11-15(14)24-18(27)12-7-9-25(10-8-12)32(30,31)17-4-2-1-3-16(17)26(28)29/h1-6,11-12H,7-10H2,(H,24,27). The highest BCUT2D eigenvalue weighted by Crippen LogP contribution is 2.35. The number of carbonyl (C=O) groups excluding carboxylic acids is 1. The number of nitrogens with one attached hydrogen (secondary N) is 1. The molecule has 0 atom stereocenters. The van der Waals surface area contributed by atoms with Crippen LogP contribution in [0.2, 0.25) is 5.02 Å². The van der Waals surface area contributed by atoms with Crippen LogP contribution in [-0.2, 0) is 21.0 Å². The molecule has 0 saturated carbocycles. The summed E-state index contributed by atoms with van der Waals surface area (Å²) in [6.07, 6.45) is -4.44. The Bertz CT molecular complexity index is 1150. The van der Waals surface area contributed by atoms with E-state index in [0.717, 1.165) is 34.6 Å². The lowest BCUT2D eigenvalue weighted by atomic mass is 9.97. The van der Waals surface area contributed by atoms with Gasteiger partial charge in [0.1, 0.15) is 0 Å². The largest absolute Gasteiger partial charge is 0.416 e. The van der Waals surface area contributed by atoms with Crippen LogP contribution in [-0.4, -0.2) is 36.6 Å². The van der Waals surface area contributed by atoms with Gasteiger partial charge in [-0.3, -0.25) is 14.9 Å². The molecule has 2 aromatic carbocycles. The summed E-state index contributed by atoms with van der Waals surface area (Å²) in [6.45, 7) is -0.161. The Kier molecular flexibility index (Phi) is 6.77. The molecule has 0 radical (unpaired) electrons. The Morgan fingerprint density at radius 2 is 1.78 bits per heavy atom. The van der Waals surface area contributed by atoms with Crippen LogP contribution in [0.4, 0.5) is 24.5 Å². The highest BCUT2D eigenvalue weighted by molar-refractivity contribution is 7.89. The minimum Gasteiger partial charge on any atom is -0.325 e. The van der Waals surface area contributed by atoms with Crippen molar-refractivity contribution in [3.8, 4) is 0 Å². The van der Waals surface area contributed by atoms with Gasteiger partial charge in [0.05, 0.1) is 21.2 Å². The molecule has 2 aromatic rings. The van der Waals surface area contributed by atoms with Crippen molar-refractivity contribution in [3.05, 3.63) is 63.2 Å². The van der Waals surface area contributed by atoms with Crippen LogP contribution in [0.1, 0.15) is 18.4 Å². The molecule has 0 aromatic heterocycles. The molecular formula is C19H17ClF3N3O5S. The molecule has 1 amide bonds. The van der Waals surface area contributed by atoms with Gasteiger partial charge in [0.2, 0.25) is 15.9 Å². The molecule has 1 heterocycles. The van der Waals surface area contributed by atoms with Crippen LogP contribution in [0.25, 0.3) is 0 Å². The topological polar surface area (TPSA) is 110 Å². The van der Waals surface area contributed by atoms with E-state index >= 15 is 0 Å². The first-order valence-electron chi connectivity index (χ1n) is 9.32. The van der Waals surface area contributed by atoms with Gasteiger partial charge in [-0.25, -0.2) is 8.42 Å². The number of nitro groups is 1. The summed E-state index contributed by atoms with van der Waals surface area (Å²) < 4.78 is 65.5. The van der Waals surface area contributed by atoms with Crippen LogP contribution in [0.15, 0.2) is 47.4 Å². The fraction of sp³-hybridized carbons (Fsp3) is 0.316. The third kappa shape index (κ3) is 5.03. The predicted octanol–water partition coefficient (Wildman–Crippen LogP) is 4.31. The molecule has 13 heteroatoms. The number of alkyl halides is 3. The maximum atomic E-state index is 12.9. The molecule has 172 valence electrons. The predicted molar refractivity (Wildman–Crippen MR) is 110 cm³/mol. The van der Waals surface area contributed by atoms with E-state index in [2.05, 4.69) is 5.32 Å². The molecule has 1 N–H and O–H groups in total. The second kappa shape index (κ2) is 9.04. The first-order valence-corrected chi connectivity index (χ1v) is 11.1. The number of nitrogens with zero attached hydrogens (tertiary/aromatic N) is 2. The highest BCUT2D eigenvalue weighted by atomic mass is 35.5. The van der Waals surface area contributed by atoms with E-state index in [4.69, 9.17) is 11.6 Å². The van der Waals surface area contributed by atoms with Crippen molar-refractivity contribution < 1.29 is 31.3 Å². The van der Waals surface area contributed by atoms with E-state index in [1.807, 2.05) is 0 Å². The van der Waals surface area contributed by atoms with E-state index in [0.29, 0.717) is 0 Å². The second-order valence-corrected chi connectivity index (χ2v) is 9.40. The van der Waals surface area contributed by atoms with Gasteiger partial charge in [0.15, 0.2) is 4.90 Å². The maximum Gasteiger partial charge on any atom is 0.416 e. The summed E-state index contributed by atoms with van der Waals surface area (Å²) in [7, 11) is -4.16. The zero-order valence-electron chi connectivity index (χ0n) is 16.3. The second-order valence-electron chi connectivity index (χ2n) is 7.08. The van der Waals surface area contributed by atoms with E-state index < -0.39 is 49.1 Å². The van der Waals surface area contributed by atoms with Crippen LogP contribution in [0.3, 0.4) is 0 Å². The van der Waals surface area contributed by atoms with Gasteiger partial charge in [-0.05, 0) is 37.1 Å². The van der Waals surface area contributed by atoms with Crippen molar-refractivity contribution in [1.82, 2.24) is 4.31 Å². The van der Waals surface area contributed by atoms with Crippen molar-refractivity contribution in [2.24, 2.45) is 5.92 Å². The van der Waals surface area contributed by atoms with Gasteiger partial charge in [-0.15, -0.1) is 0 Å². The molecule has 1 aliphatic heterocycles. The third-order valence-electron chi connectivity index (χ3n) is 5.06. The lowest BCUT2D eigenvalue weighted by Gasteiger charge is -2.30. The van der Waals surface area contributed by atoms with Gasteiger partial charge in [0, 0.05) is 25.1 Å². The average molecular weight is 492 g/mol. The fourth-order valence-electron chi connectivity index (χ4n) is 3.36. The van der Waals surface area contributed by atoms with Gasteiger partial charge in [-0.2, -0.15) is 17.5 Å². The SMILES string of the molecule is O=C(Nc1cc(C(F)(F)F)ccc1Cl)C1CCN(S(=O)(=O)c2ccccc2[N+](=O)[O-])CC1. The minimum absolute atomic E-state index is 0.0669. The van der Waals surface area contributed by atoms with E-state index in [9.17, 15) is 36.5 Å². The molecule has 8 nitrogen and oxygen atoms in total. The van der Waals surface area contributed by atoms with Gasteiger partial charge >= 0.3 is 6.18 Å². The van der Waals surface area contributed by atoms with Crippen molar-refractivity contribution in [3.63, 3.8) is 0 Å². The van der Waals surface area contributed by atoms with E-state index in [1.165, 1.54) is 12.1 Å². The van der Waals surface area contributed by atoms with Crippen molar-refractivity contribution in [1.29, 1.82) is 0 Å². The van der Waals surface area contributed by atoms with E-state index in [-0.39, 0.29) is 36.6 Å². The average Bonchev–Trinajstić information content (AvgIpc) is 2.74. The van der Waals surface area contributed by atoms with Crippen LogP contribution in [0, 0.1) is 16.0 Å². The lowest BCUT2D eigenvalue weighted by molar-refractivity contribution is -0.387. The van der Waals surface area contributed by atoms with E-state index in [1.54, 1.807) is 0 Å². The number of benzene rings is 2. The zero-order chi connectivity index (χ0) is 23.7. The summed E-state index contributed by atoms with van der Waals surface area (Å²) in [5.41, 5.74) is -1.71. The summed E-state index contributed by atoms with van der Waals surface area (Å²) in [5.74, 6) is -1.26. The zero-order valence-corrected chi connectivity index (χ0v) is 17.9. The van der Waals surface area contributed by atoms with Crippen LogP contribution in [0.5, 0.6) is 0 Å². The number of amides is 1. The molecule has 0 aliphatic carbocycles. The first kappa shape index (κ1) is 24.0. The summed E-state index contributed by atoms with van der Waals surface area (Å²) in [6, 6.07) is 7.51. The van der Waals surface area contributed by atoms with Crippen molar-refractivity contribution in [2.75, 3.05) is 18.4 Å². The summed E-state index contributed by atoms with van der Waals surface area (Å²) in [5, 5.41) is 13.5. The Morgan fingerprint density at radius 1 is 1.16 bits per heavy atom. The Labute approximate surface area is 186 Å². The lowest BCUT2D eigenvalue weighted by Crippen LogP contribution is -2.41. The van der Waals surface area contributed by atoms with Crippen molar-refractivity contribution in [2.45, 2.75) is 23.9 Å². The minimum atomic E-state index is -4.61. The monoisotopic (exact) mass is 491 g/mol. The fourth-order valence-corrected chi connectivity index (χ4v) is 5.15. The number of para-hydroxylation sites is 1. The molecule has 1 fully saturated rings. The number of piperidine rings is 1. The number of halogens is 4. The van der Waals surface area contributed by atoms with Gasteiger partial charge < -0.3 is 5.32 Å². The Balaban J connectivity index is 1.70. The molecule has 0 bridgehead atoms. The number of hydrogen-bond acceptors (Lipinski definition) is 5. The number of carbonyl (C=O) groups is 1. The molecule has 0 spiro atoms. The number of anilines is 1. The summed E-state index contributed by atoms with van der Waals surface area (Å²) in [4.78, 5) is 22.5. The number of hydrogen-bond donors (Lipinski definition) is 1. The van der Waals surface area contributed by atoms with Crippen molar-refractivity contribution >= 4 is 38.9 Å². The third-order valence-corrected chi connectivity index (χ3v) is 7.33. The smallest absolute Gasteiger partial charge is 0.325 e. The Morgan fingerprint density at radius 3 is 2.38 bits per heavy atom. The number of sulfonamides is 1. The number of nitro benzene ring substituents is 1. The summed E-state index contributed by atoms with van der Waals surface area (Å²) >= 11 is 5.90.